The summed E-state index contributed by atoms with van der Waals surface area (Å²) in [6.07, 6.45) is 4.08. The predicted molar refractivity (Wildman–Crippen MR) is 72.6 cm³/mol. The van der Waals surface area contributed by atoms with Crippen LogP contribution in [0.4, 0.5) is 0 Å². The normalized spacial score (nSPS) is 13.1. The first-order valence-electron chi connectivity index (χ1n) is 6.41. The van der Waals surface area contributed by atoms with Crippen molar-refractivity contribution in [3.05, 3.63) is 35.6 Å². The van der Waals surface area contributed by atoms with Gasteiger partial charge >= 0.3 is 0 Å². The first kappa shape index (κ1) is 12.2. The van der Waals surface area contributed by atoms with Gasteiger partial charge in [-0.1, -0.05) is 32.0 Å². The summed E-state index contributed by atoms with van der Waals surface area (Å²) in [5.41, 5.74) is 3.72. The Bertz CT molecular complexity index is 487. The molecule has 2 rings (SSSR count). The number of hydrogen-bond donors (Lipinski definition) is 1. The van der Waals surface area contributed by atoms with E-state index in [0.717, 1.165) is 25.0 Å². The predicted octanol–water partition coefficient (Wildman–Crippen LogP) is 3.71. The molecule has 17 heavy (non-hydrogen) atoms. The topological polar surface area (TPSA) is 25.2 Å². The zero-order chi connectivity index (χ0) is 12.3. The van der Waals surface area contributed by atoms with Gasteiger partial charge in [-0.3, -0.25) is 0 Å². The molecule has 0 aliphatic heterocycles. The van der Waals surface area contributed by atoms with E-state index in [2.05, 4.69) is 37.4 Å². The SMILES string of the molecule is CCC(C)c1cccc2c(CCNC)coc12. The maximum Gasteiger partial charge on any atom is 0.137 e. The maximum absolute atomic E-state index is 5.77. The first-order valence-corrected chi connectivity index (χ1v) is 6.41. The summed E-state index contributed by atoms with van der Waals surface area (Å²) in [5, 5.41) is 4.45. The van der Waals surface area contributed by atoms with E-state index < -0.39 is 0 Å². The van der Waals surface area contributed by atoms with Crippen molar-refractivity contribution in [1.29, 1.82) is 0 Å². The molecule has 2 heteroatoms. The Hall–Kier alpha value is -1.28. The van der Waals surface area contributed by atoms with Gasteiger partial charge in [0.1, 0.15) is 5.58 Å². The fourth-order valence-electron chi connectivity index (χ4n) is 2.19. The van der Waals surface area contributed by atoms with Gasteiger partial charge in [0, 0.05) is 5.39 Å². The molecule has 2 aromatic rings. The van der Waals surface area contributed by atoms with Gasteiger partial charge in [0.05, 0.1) is 6.26 Å². The molecule has 0 saturated heterocycles. The number of benzene rings is 1. The van der Waals surface area contributed by atoms with E-state index in [-0.39, 0.29) is 0 Å². The van der Waals surface area contributed by atoms with Gasteiger partial charge in [-0.2, -0.15) is 0 Å². The van der Waals surface area contributed by atoms with Gasteiger partial charge in [0.25, 0.3) is 0 Å². The number of rotatable bonds is 5. The van der Waals surface area contributed by atoms with Crippen LogP contribution in [-0.4, -0.2) is 13.6 Å². The fourth-order valence-corrected chi connectivity index (χ4v) is 2.19. The van der Waals surface area contributed by atoms with Crippen LogP contribution in [-0.2, 0) is 6.42 Å². The standard InChI is InChI=1S/C15H21NO/c1-4-11(2)13-6-5-7-14-12(8-9-16-3)10-17-15(13)14/h5-7,10-11,16H,4,8-9H2,1-3H3. The molecule has 0 saturated carbocycles. The van der Waals surface area contributed by atoms with Crippen molar-refractivity contribution in [3.8, 4) is 0 Å². The summed E-state index contributed by atoms with van der Waals surface area (Å²) < 4.78 is 5.77. The molecule has 0 spiro atoms. The Morgan fingerprint density at radius 1 is 1.35 bits per heavy atom. The highest BCUT2D eigenvalue weighted by Gasteiger charge is 2.12. The molecule has 0 aliphatic carbocycles. The smallest absolute Gasteiger partial charge is 0.137 e. The molecular formula is C15H21NO. The summed E-state index contributed by atoms with van der Waals surface area (Å²) in [4.78, 5) is 0. The highest BCUT2D eigenvalue weighted by molar-refractivity contribution is 5.84. The van der Waals surface area contributed by atoms with E-state index in [0.29, 0.717) is 5.92 Å². The van der Waals surface area contributed by atoms with Crippen LogP contribution in [0.1, 0.15) is 37.3 Å². The second kappa shape index (κ2) is 5.37. The molecule has 1 aromatic heterocycles. The van der Waals surface area contributed by atoms with Crippen molar-refractivity contribution >= 4 is 11.0 Å². The lowest BCUT2D eigenvalue weighted by Gasteiger charge is -2.09. The molecule has 0 aliphatic rings. The van der Waals surface area contributed by atoms with Gasteiger partial charge in [0.2, 0.25) is 0 Å². The third-order valence-electron chi connectivity index (χ3n) is 3.50. The van der Waals surface area contributed by atoms with Crippen LogP contribution in [0.5, 0.6) is 0 Å². The largest absolute Gasteiger partial charge is 0.464 e. The van der Waals surface area contributed by atoms with E-state index in [9.17, 15) is 0 Å². The van der Waals surface area contributed by atoms with Crippen LogP contribution in [0.3, 0.4) is 0 Å². The van der Waals surface area contributed by atoms with Gasteiger partial charge in [-0.05, 0) is 43.5 Å². The van der Waals surface area contributed by atoms with Crippen LogP contribution in [0.25, 0.3) is 11.0 Å². The molecule has 92 valence electrons. The van der Waals surface area contributed by atoms with Crippen LogP contribution in [0.2, 0.25) is 0 Å². The zero-order valence-electron chi connectivity index (χ0n) is 10.9. The van der Waals surface area contributed by atoms with Crippen molar-refractivity contribution in [2.45, 2.75) is 32.6 Å². The number of fused-ring (bicyclic) bond motifs is 1. The Morgan fingerprint density at radius 2 is 2.18 bits per heavy atom. The average molecular weight is 231 g/mol. The zero-order valence-corrected chi connectivity index (χ0v) is 10.9. The minimum atomic E-state index is 0.557. The lowest BCUT2D eigenvalue weighted by Crippen LogP contribution is -2.09. The average Bonchev–Trinajstić information content (AvgIpc) is 2.78. The molecule has 1 atom stereocenters. The molecule has 1 N–H and O–H groups in total. The van der Waals surface area contributed by atoms with Crippen LogP contribution >= 0.6 is 0 Å². The molecule has 0 bridgehead atoms. The summed E-state index contributed by atoms with van der Waals surface area (Å²) >= 11 is 0. The summed E-state index contributed by atoms with van der Waals surface area (Å²) in [7, 11) is 1.98. The van der Waals surface area contributed by atoms with Crippen molar-refractivity contribution in [2.75, 3.05) is 13.6 Å². The molecule has 1 heterocycles. The maximum atomic E-state index is 5.77. The van der Waals surface area contributed by atoms with Crippen LogP contribution in [0.15, 0.2) is 28.9 Å². The summed E-state index contributed by atoms with van der Waals surface area (Å²) in [6, 6.07) is 6.49. The second-order valence-corrected chi connectivity index (χ2v) is 4.65. The Kier molecular flexibility index (Phi) is 3.85. The summed E-state index contributed by atoms with van der Waals surface area (Å²) in [5.74, 6) is 0.557. The summed E-state index contributed by atoms with van der Waals surface area (Å²) in [6.45, 7) is 5.46. The van der Waals surface area contributed by atoms with E-state index in [4.69, 9.17) is 4.42 Å². The van der Waals surface area contributed by atoms with Gasteiger partial charge in [-0.15, -0.1) is 0 Å². The molecule has 2 nitrogen and oxygen atoms in total. The minimum absolute atomic E-state index is 0.557. The molecule has 1 unspecified atom stereocenters. The highest BCUT2D eigenvalue weighted by atomic mass is 16.3. The quantitative estimate of drug-likeness (QED) is 0.848. The van der Waals surface area contributed by atoms with Gasteiger partial charge in [-0.25, -0.2) is 0 Å². The first-order chi connectivity index (χ1) is 8.27. The third kappa shape index (κ3) is 2.37. The van der Waals surface area contributed by atoms with E-state index in [1.54, 1.807) is 0 Å². The van der Waals surface area contributed by atoms with Crippen molar-refractivity contribution in [3.63, 3.8) is 0 Å². The number of nitrogens with one attached hydrogen (secondary N) is 1. The number of para-hydroxylation sites is 1. The molecule has 0 amide bonds. The van der Waals surface area contributed by atoms with Gasteiger partial charge in [0.15, 0.2) is 0 Å². The molecule has 0 fully saturated rings. The van der Waals surface area contributed by atoms with E-state index >= 15 is 0 Å². The molecule has 0 radical (unpaired) electrons. The van der Waals surface area contributed by atoms with Crippen molar-refractivity contribution in [2.24, 2.45) is 0 Å². The lowest BCUT2D eigenvalue weighted by atomic mass is 9.96. The Balaban J connectivity index is 2.41. The number of hydrogen-bond acceptors (Lipinski definition) is 2. The number of furan rings is 1. The third-order valence-corrected chi connectivity index (χ3v) is 3.50. The monoisotopic (exact) mass is 231 g/mol. The Labute approximate surface area is 103 Å². The van der Waals surface area contributed by atoms with Gasteiger partial charge < -0.3 is 9.73 Å². The fraction of sp³-hybridized carbons (Fsp3) is 0.467. The number of likely N-dealkylation sites (N-methyl/N-ethyl adjacent to an activating group) is 1. The molecular weight excluding hydrogens is 210 g/mol. The van der Waals surface area contributed by atoms with Crippen LogP contribution in [0, 0.1) is 0 Å². The minimum Gasteiger partial charge on any atom is -0.464 e. The van der Waals surface area contributed by atoms with Crippen molar-refractivity contribution < 1.29 is 4.42 Å². The van der Waals surface area contributed by atoms with Crippen LogP contribution < -0.4 is 5.32 Å². The van der Waals surface area contributed by atoms with E-state index in [1.165, 1.54) is 16.5 Å². The molecule has 1 aromatic carbocycles. The highest BCUT2D eigenvalue weighted by Crippen LogP contribution is 2.30. The Morgan fingerprint density at radius 3 is 2.88 bits per heavy atom. The van der Waals surface area contributed by atoms with E-state index in [1.807, 2.05) is 13.3 Å². The lowest BCUT2D eigenvalue weighted by molar-refractivity contribution is 0.596. The van der Waals surface area contributed by atoms with Crippen molar-refractivity contribution in [1.82, 2.24) is 5.32 Å². The second-order valence-electron chi connectivity index (χ2n) is 4.65.